The van der Waals surface area contributed by atoms with Gasteiger partial charge >= 0.3 is 25.9 Å². The van der Waals surface area contributed by atoms with E-state index in [9.17, 15) is 0 Å². The maximum absolute atomic E-state index is 7.39. The Kier molecular flexibility index (Phi) is 16.0. The van der Waals surface area contributed by atoms with E-state index in [2.05, 4.69) is 151 Å². The lowest BCUT2D eigenvalue weighted by Gasteiger charge is -2.51. The average Bonchev–Trinajstić information content (AvgIpc) is 2.84. The van der Waals surface area contributed by atoms with Crippen LogP contribution in [0.1, 0.15) is 60.3 Å². The lowest BCUT2D eigenvalue weighted by atomic mass is 10.2. The van der Waals surface area contributed by atoms with E-state index in [0.717, 1.165) is 25.7 Å². The van der Waals surface area contributed by atoms with E-state index in [1.807, 2.05) is 5.70 Å². The molecule has 0 saturated heterocycles. The predicted octanol–water partition coefficient (Wildman–Crippen LogP) is 10.2. The van der Waals surface area contributed by atoms with Gasteiger partial charge in [0.2, 0.25) is 8.32 Å². The SMILES string of the molecule is C=C[Si](C)(C)O[Si](C)(C)C(C)(CCC)O[Si](C)(O[Si](C)(C)OC(CC)[Si](C)(C)C=C)O[Si](C)(C)OC(C)(CC)[Si](C)(C)C=C. The highest BCUT2D eigenvalue weighted by molar-refractivity contribution is 6.90. The van der Waals surface area contributed by atoms with E-state index in [1.54, 1.807) is 0 Å². The predicted molar refractivity (Wildman–Crippen MR) is 210 cm³/mol. The molecule has 0 aliphatic rings. The summed E-state index contributed by atoms with van der Waals surface area (Å²) in [5.74, 6) is 0. The van der Waals surface area contributed by atoms with E-state index in [0.29, 0.717) is 0 Å². The quantitative estimate of drug-likeness (QED) is 0.103. The average molecular weight is 738 g/mol. The molecule has 0 N–H and O–H groups in total. The molecular weight excluding hydrogens is 665 g/mol. The molecule has 0 aromatic rings. The van der Waals surface area contributed by atoms with Crippen molar-refractivity contribution in [3.63, 3.8) is 0 Å². The van der Waals surface area contributed by atoms with Gasteiger partial charge in [0.25, 0.3) is 0 Å². The van der Waals surface area contributed by atoms with Crippen LogP contribution in [0.2, 0.25) is 85.1 Å². The van der Waals surface area contributed by atoms with Gasteiger partial charge in [-0.1, -0.05) is 70.5 Å². The Balaban J connectivity index is 7.04. The molecule has 260 valence electrons. The molecule has 0 spiro atoms. The van der Waals surface area contributed by atoms with Crippen LogP contribution in [0.15, 0.2) is 36.8 Å². The molecule has 0 fully saturated rings. The van der Waals surface area contributed by atoms with Gasteiger partial charge in [-0.15, -0.1) is 19.7 Å². The van der Waals surface area contributed by atoms with Crippen molar-refractivity contribution in [1.82, 2.24) is 0 Å². The van der Waals surface area contributed by atoms with Crippen LogP contribution >= 0.6 is 0 Å². The van der Waals surface area contributed by atoms with Crippen molar-refractivity contribution in [3.8, 4) is 0 Å². The van der Waals surface area contributed by atoms with Crippen molar-refractivity contribution in [2.75, 3.05) is 0 Å². The fourth-order valence-corrected chi connectivity index (χ4v) is 32.6. The first-order valence-corrected chi connectivity index (χ1v) is 36.6. The van der Waals surface area contributed by atoms with E-state index >= 15 is 0 Å². The molecule has 0 aliphatic carbocycles. The van der Waals surface area contributed by atoms with Crippen LogP contribution < -0.4 is 0 Å². The van der Waals surface area contributed by atoms with Gasteiger partial charge in [-0.05, 0) is 85.5 Å². The maximum atomic E-state index is 7.39. The highest BCUT2D eigenvalue weighted by atomic mass is 28.5. The van der Waals surface area contributed by atoms with Crippen LogP contribution in [-0.4, -0.2) is 74.9 Å². The van der Waals surface area contributed by atoms with Crippen LogP contribution in [0.3, 0.4) is 0 Å². The zero-order valence-corrected chi connectivity index (χ0v) is 39.2. The standard InChI is InChI=1S/C31H72O6Si7/c1-22-28-31(8,41(15,16)35-40(13,14)27-6)34-44(21,36-42(17,18)32-29(23-2)38(9,10)25-4)37-43(19,20)33-30(7,24-3)39(11,12)26-5/h25-27,29H,4-6,22-24,28H2,1-3,7-21H3. The topological polar surface area (TPSA) is 55.4 Å². The lowest BCUT2D eigenvalue weighted by Crippen LogP contribution is -2.69. The largest absolute Gasteiger partial charge is 0.480 e. The van der Waals surface area contributed by atoms with Gasteiger partial charge in [-0.25, -0.2) is 0 Å². The highest BCUT2D eigenvalue weighted by Crippen LogP contribution is 2.40. The smallest absolute Gasteiger partial charge is 0.451 e. The van der Waals surface area contributed by atoms with E-state index in [4.69, 9.17) is 25.6 Å². The number of hydrogen-bond donors (Lipinski definition) is 0. The Hall–Kier alpha value is 0.498. The Morgan fingerprint density at radius 2 is 1.14 bits per heavy atom. The minimum absolute atomic E-state index is 0.0970. The molecule has 0 aliphatic heterocycles. The summed E-state index contributed by atoms with van der Waals surface area (Å²) in [6, 6.07) is 0. The molecule has 13 heteroatoms. The number of rotatable bonds is 22. The molecule has 4 atom stereocenters. The zero-order valence-electron chi connectivity index (χ0n) is 32.2. The van der Waals surface area contributed by atoms with Crippen LogP contribution in [0.25, 0.3) is 0 Å². The minimum atomic E-state index is -3.42. The zero-order chi connectivity index (χ0) is 35.3. The molecule has 6 nitrogen and oxygen atoms in total. The normalized spacial score (nSPS) is 19.0. The third kappa shape index (κ3) is 12.2. The van der Waals surface area contributed by atoms with Gasteiger partial charge in [0, 0.05) is 17.5 Å². The first-order valence-electron chi connectivity index (χ1n) is 16.6. The van der Waals surface area contributed by atoms with Gasteiger partial charge in [0.15, 0.2) is 8.32 Å². The van der Waals surface area contributed by atoms with Crippen molar-refractivity contribution in [1.29, 1.82) is 0 Å². The summed E-state index contributed by atoms with van der Waals surface area (Å²) in [7, 11) is -17.4. The van der Waals surface area contributed by atoms with E-state index in [1.165, 1.54) is 0 Å². The first-order chi connectivity index (χ1) is 19.5. The van der Waals surface area contributed by atoms with Gasteiger partial charge in [-0.3, -0.25) is 0 Å². The summed E-state index contributed by atoms with van der Waals surface area (Å²) < 4.78 is 42.8. The van der Waals surface area contributed by atoms with Gasteiger partial charge in [0.1, 0.15) is 16.1 Å². The third-order valence-corrected chi connectivity index (χ3v) is 35.1. The van der Waals surface area contributed by atoms with Crippen molar-refractivity contribution in [3.05, 3.63) is 36.8 Å². The van der Waals surface area contributed by atoms with Crippen LogP contribution in [0.4, 0.5) is 0 Å². The molecule has 0 rings (SSSR count). The molecule has 0 bridgehead atoms. The second-order valence-corrected chi connectivity index (χ2v) is 43.7. The summed E-state index contributed by atoms with van der Waals surface area (Å²) in [4.78, 5) is 0. The first kappa shape index (κ1) is 44.5. The summed E-state index contributed by atoms with van der Waals surface area (Å²) in [6.07, 6.45) is 3.58. The maximum Gasteiger partial charge on any atom is 0.480 e. The Morgan fingerprint density at radius 1 is 0.636 bits per heavy atom. The summed E-state index contributed by atoms with van der Waals surface area (Å²) in [6.45, 7) is 52.2. The van der Waals surface area contributed by atoms with Crippen LogP contribution in [0.5, 0.6) is 0 Å². The van der Waals surface area contributed by atoms with Crippen molar-refractivity contribution in [2.45, 2.75) is 162 Å². The Labute approximate surface area is 281 Å². The third-order valence-electron chi connectivity index (χ3n) is 9.46. The molecule has 0 radical (unpaired) electrons. The second-order valence-electron chi connectivity index (χ2n) is 16.0. The van der Waals surface area contributed by atoms with E-state index < -0.39 is 63.9 Å². The van der Waals surface area contributed by atoms with Crippen molar-refractivity contribution >= 4 is 58.7 Å². The molecule has 44 heavy (non-hydrogen) atoms. The molecular formula is C31H72O6Si7. The molecule has 0 heterocycles. The Bertz CT molecular complexity index is 971. The molecule has 0 aromatic heterocycles. The Morgan fingerprint density at radius 3 is 1.52 bits per heavy atom. The molecule has 0 saturated carbocycles. The number of hydrogen-bond acceptors (Lipinski definition) is 6. The minimum Gasteiger partial charge on any atom is -0.451 e. The van der Waals surface area contributed by atoms with Gasteiger partial charge in [0.05, 0.1) is 5.22 Å². The molecule has 0 aromatic carbocycles. The fraction of sp³-hybridized carbons (Fsp3) is 0.806. The summed E-state index contributed by atoms with van der Waals surface area (Å²) in [5.41, 5.74) is 6.35. The van der Waals surface area contributed by atoms with Crippen molar-refractivity contribution < 1.29 is 25.6 Å². The fourth-order valence-electron chi connectivity index (χ4n) is 5.82. The monoisotopic (exact) mass is 736 g/mol. The lowest BCUT2D eigenvalue weighted by molar-refractivity contribution is 0.0336. The van der Waals surface area contributed by atoms with Gasteiger partial charge in [-0.2, -0.15) is 0 Å². The van der Waals surface area contributed by atoms with E-state index in [-0.39, 0.29) is 11.0 Å². The van der Waals surface area contributed by atoms with Gasteiger partial charge < -0.3 is 25.6 Å². The van der Waals surface area contributed by atoms with Crippen molar-refractivity contribution in [2.24, 2.45) is 0 Å². The summed E-state index contributed by atoms with van der Waals surface area (Å²) >= 11 is 0. The molecule has 4 unspecified atom stereocenters. The van der Waals surface area contributed by atoms with Crippen LogP contribution in [-0.2, 0) is 25.6 Å². The molecule has 0 amide bonds. The second kappa shape index (κ2) is 15.8. The van der Waals surface area contributed by atoms with Crippen LogP contribution in [0, 0.1) is 0 Å². The highest BCUT2D eigenvalue weighted by Gasteiger charge is 2.58. The summed E-state index contributed by atoms with van der Waals surface area (Å²) in [5, 5.41) is -0.896.